The predicted octanol–water partition coefficient (Wildman–Crippen LogP) is 2.91. The van der Waals surface area contributed by atoms with Crippen LogP contribution in [0.3, 0.4) is 0 Å². The van der Waals surface area contributed by atoms with Gasteiger partial charge in [0.1, 0.15) is 5.60 Å². The molecule has 1 rings (SSSR count). The molecular weight excluding hydrogens is 256 g/mol. The molecule has 1 fully saturated rings. The van der Waals surface area contributed by atoms with Crippen molar-refractivity contribution in [3.63, 3.8) is 0 Å². The lowest BCUT2D eigenvalue weighted by Gasteiger charge is -2.27. The van der Waals surface area contributed by atoms with E-state index in [0.717, 1.165) is 0 Å². The largest absolute Gasteiger partial charge is 0.444 e. The molecule has 1 amide bonds. The lowest BCUT2D eigenvalue weighted by molar-refractivity contribution is -0.126. The summed E-state index contributed by atoms with van der Waals surface area (Å²) in [6.45, 7) is 5.00. The Morgan fingerprint density at radius 1 is 1.26 bits per heavy atom. The van der Waals surface area contributed by atoms with Gasteiger partial charge < -0.3 is 10.1 Å². The van der Waals surface area contributed by atoms with Gasteiger partial charge in [0.2, 0.25) is 5.92 Å². The molecule has 0 atom stereocenters. The van der Waals surface area contributed by atoms with Crippen LogP contribution >= 0.6 is 0 Å². The summed E-state index contributed by atoms with van der Waals surface area (Å²) in [5.74, 6) is -3.23. The highest BCUT2D eigenvalue weighted by Gasteiger charge is 2.37. The predicted molar refractivity (Wildman–Crippen MR) is 66.1 cm³/mol. The molecule has 0 heterocycles. The SMILES string of the molecule is CC(C)(C)OC(=O)NCC(=O)C1CCC(F)(F)CC1. The van der Waals surface area contributed by atoms with Gasteiger partial charge >= 0.3 is 6.09 Å². The summed E-state index contributed by atoms with van der Waals surface area (Å²) < 4.78 is 30.9. The van der Waals surface area contributed by atoms with Crippen LogP contribution in [0.15, 0.2) is 0 Å². The average molecular weight is 277 g/mol. The van der Waals surface area contributed by atoms with Crippen molar-refractivity contribution in [2.45, 2.75) is 58.0 Å². The van der Waals surface area contributed by atoms with Crippen LogP contribution in [-0.4, -0.2) is 29.9 Å². The number of amides is 1. The Morgan fingerprint density at radius 3 is 2.26 bits per heavy atom. The summed E-state index contributed by atoms with van der Waals surface area (Å²) in [5, 5.41) is 2.36. The van der Waals surface area contributed by atoms with E-state index in [9.17, 15) is 18.4 Å². The molecule has 19 heavy (non-hydrogen) atoms. The number of alkyl halides is 2. The van der Waals surface area contributed by atoms with Crippen LogP contribution in [0.25, 0.3) is 0 Å². The van der Waals surface area contributed by atoms with Crippen LogP contribution in [0, 0.1) is 5.92 Å². The van der Waals surface area contributed by atoms with Crippen molar-refractivity contribution in [1.29, 1.82) is 0 Å². The molecule has 0 aromatic rings. The first-order valence-corrected chi connectivity index (χ1v) is 6.46. The second-order valence-corrected chi connectivity index (χ2v) is 5.95. The summed E-state index contributed by atoms with van der Waals surface area (Å²) in [6.07, 6.45) is -0.808. The zero-order valence-electron chi connectivity index (χ0n) is 11.6. The highest BCUT2D eigenvalue weighted by molar-refractivity contribution is 5.86. The number of rotatable bonds is 3. The maximum atomic E-state index is 12.9. The van der Waals surface area contributed by atoms with Crippen molar-refractivity contribution in [3.8, 4) is 0 Å². The Morgan fingerprint density at radius 2 is 1.79 bits per heavy atom. The van der Waals surface area contributed by atoms with Gasteiger partial charge in [0.05, 0.1) is 6.54 Å². The van der Waals surface area contributed by atoms with E-state index in [4.69, 9.17) is 4.74 Å². The van der Waals surface area contributed by atoms with Gasteiger partial charge in [0.25, 0.3) is 0 Å². The van der Waals surface area contributed by atoms with E-state index in [1.807, 2.05) is 0 Å². The summed E-state index contributed by atoms with van der Waals surface area (Å²) in [5.41, 5.74) is -0.625. The minimum atomic E-state index is -2.64. The average Bonchev–Trinajstić information content (AvgIpc) is 2.23. The lowest BCUT2D eigenvalue weighted by atomic mass is 9.84. The first kappa shape index (κ1) is 15.9. The van der Waals surface area contributed by atoms with E-state index in [1.165, 1.54) is 0 Å². The molecule has 4 nitrogen and oxygen atoms in total. The summed E-state index contributed by atoms with van der Waals surface area (Å²) in [6, 6.07) is 0. The van der Waals surface area contributed by atoms with Crippen molar-refractivity contribution < 1.29 is 23.1 Å². The minimum Gasteiger partial charge on any atom is -0.444 e. The second-order valence-electron chi connectivity index (χ2n) is 5.95. The Labute approximate surface area is 111 Å². The second kappa shape index (κ2) is 5.84. The van der Waals surface area contributed by atoms with Gasteiger partial charge in [-0.3, -0.25) is 4.79 Å². The van der Waals surface area contributed by atoms with Gasteiger partial charge in [0, 0.05) is 18.8 Å². The molecule has 0 radical (unpaired) electrons. The molecular formula is C13H21F2NO3. The van der Waals surface area contributed by atoms with E-state index >= 15 is 0 Å². The number of carbonyl (C=O) groups excluding carboxylic acids is 2. The number of hydrogen-bond donors (Lipinski definition) is 1. The van der Waals surface area contributed by atoms with E-state index in [2.05, 4.69) is 5.32 Å². The molecule has 0 aromatic heterocycles. The molecule has 0 unspecified atom stereocenters. The van der Waals surface area contributed by atoms with Crippen LogP contribution in [-0.2, 0) is 9.53 Å². The van der Waals surface area contributed by atoms with E-state index in [-0.39, 0.29) is 43.9 Å². The zero-order valence-corrected chi connectivity index (χ0v) is 11.6. The van der Waals surface area contributed by atoms with E-state index in [1.54, 1.807) is 20.8 Å². The number of alkyl carbamates (subject to hydrolysis) is 1. The third-order valence-electron chi connectivity index (χ3n) is 2.98. The van der Waals surface area contributed by atoms with Gasteiger partial charge in [-0.05, 0) is 33.6 Å². The lowest BCUT2D eigenvalue weighted by Crippen LogP contribution is -2.38. The molecule has 0 aromatic carbocycles. The molecule has 110 valence electrons. The Bertz CT molecular complexity index is 340. The number of carbonyl (C=O) groups is 2. The first-order valence-electron chi connectivity index (χ1n) is 6.46. The molecule has 6 heteroatoms. The molecule has 0 aliphatic heterocycles. The third kappa shape index (κ3) is 5.98. The summed E-state index contributed by atoms with van der Waals surface area (Å²) in [4.78, 5) is 23.1. The number of ketones is 1. The standard InChI is InChI=1S/C13H21F2NO3/c1-12(2,3)19-11(18)16-8-10(17)9-4-6-13(14,15)7-5-9/h9H,4-8H2,1-3H3,(H,16,18). The van der Waals surface area contributed by atoms with Gasteiger partial charge in [-0.15, -0.1) is 0 Å². The fraction of sp³-hybridized carbons (Fsp3) is 0.846. The normalized spacial score (nSPS) is 19.8. The number of ether oxygens (including phenoxy) is 1. The quantitative estimate of drug-likeness (QED) is 0.863. The fourth-order valence-electron chi connectivity index (χ4n) is 1.98. The molecule has 1 N–H and O–H groups in total. The highest BCUT2D eigenvalue weighted by Crippen LogP contribution is 2.36. The van der Waals surface area contributed by atoms with Gasteiger partial charge in [-0.1, -0.05) is 0 Å². The van der Waals surface area contributed by atoms with Gasteiger partial charge in [-0.25, -0.2) is 13.6 Å². The Kier molecular flexibility index (Phi) is 4.87. The highest BCUT2D eigenvalue weighted by atomic mass is 19.3. The number of halogens is 2. The summed E-state index contributed by atoms with van der Waals surface area (Å²) >= 11 is 0. The van der Waals surface area contributed by atoms with E-state index < -0.39 is 17.6 Å². The Hall–Kier alpha value is -1.20. The summed E-state index contributed by atoms with van der Waals surface area (Å²) in [7, 11) is 0. The topological polar surface area (TPSA) is 55.4 Å². The molecule has 1 saturated carbocycles. The van der Waals surface area contributed by atoms with Gasteiger partial charge in [-0.2, -0.15) is 0 Å². The van der Waals surface area contributed by atoms with Crippen molar-refractivity contribution >= 4 is 11.9 Å². The minimum absolute atomic E-state index is 0.162. The van der Waals surface area contributed by atoms with Gasteiger partial charge in [0.15, 0.2) is 5.78 Å². The molecule has 0 saturated heterocycles. The van der Waals surface area contributed by atoms with Crippen molar-refractivity contribution in [2.75, 3.05) is 6.54 Å². The van der Waals surface area contributed by atoms with Crippen LogP contribution < -0.4 is 5.32 Å². The van der Waals surface area contributed by atoms with Crippen LogP contribution in [0.2, 0.25) is 0 Å². The fourth-order valence-corrected chi connectivity index (χ4v) is 1.98. The first-order chi connectivity index (χ1) is 8.59. The maximum Gasteiger partial charge on any atom is 0.408 e. The number of hydrogen-bond acceptors (Lipinski definition) is 3. The van der Waals surface area contributed by atoms with Crippen LogP contribution in [0.5, 0.6) is 0 Å². The Balaban J connectivity index is 2.31. The van der Waals surface area contributed by atoms with Crippen LogP contribution in [0.1, 0.15) is 46.5 Å². The monoisotopic (exact) mass is 277 g/mol. The van der Waals surface area contributed by atoms with Crippen molar-refractivity contribution in [2.24, 2.45) is 5.92 Å². The maximum absolute atomic E-state index is 12.9. The molecule has 0 bridgehead atoms. The molecule has 1 aliphatic rings. The van der Waals surface area contributed by atoms with Crippen molar-refractivity contribution in [1.82, 2.24) is 5.32 Å². The molecule has 0 spiro atoms. The zero-order chi connectivity index (χ0) is 14.7. The van der Waals surface area contributed by atoms with Crippen LogP contribution in [0.4, 0.5) is 13.6 Å². The number of nitrogens with one attached hydrogen (secondary N) is 1. The number of Topliss-reactive ketones (excluding diaryl/α,β-unsaturated/α-hetero) is 1. The van der Waals surface area contributed by atoms with Crippen molar-refractivity contribution in [3.05, 3.63) is 0 Å². The van der Waals surface area contributed by atoms with E-state index in [0.29, 0.717) is 0 Å². The smallest absolute Gasteiger partial charge is 0.408 e. The third-order valence-corrected chi connectivity index (χ3v) is 2.98. The molecule has 1 aliphatic carbocycles.